The van der Waals surface area contributed by atoms with Gasteiger partial charge in [-0.3, -0.25) is 0 Å². The molecule has 0 bridgehead atoms. The SMILES string of the molecule is COc1cccc(Cc2ccccc2)c1CC1COC(C)(C)O1. The molecule has 0 N–H and O–H groups in total. The highest BCUT2D eigenvalue weighted by atomic mass is 16.7. The van der Waals surface area contributed by atoms with E-state index in [9.17, 15) is 0 Å². The predicted octanol–water partition coefficient (Wildman–Crippen LogP) is 3.98. The minimum Gasteiger partial charge on any atom is -0.496 e. The second kappa shape index (κ2) is 6.73. The Balaban J connectivity index is 1.85. The molecule has 3 rings (SSSR count). The van der Waals surface area contributed by atoms with Crippen LogP contribution in [0, 0.1) is 0 Å². The summed E-state index contributed by atoms with van der Waals surface area (Å²) in [6.45, 7) is 4.54. The van der Waals surface area contributed by atoms with Crippen LogP contribution in [0.25, 0.3) is 0 Å². The van der Waals surface area contributed by atoms with E-state index in [1.165, 1.54) is 16.7 Å². The van der Waals surface area contributed by atoms with Crippen LogP contribution in [0.4, 0.5) is 0 Å². The second-order valence-corrected chi connectivity index (χ2v) is 6.42. The van der Waals surface area contributed by atoms with Gasteiger partial charge in [-0.05, 0) is 37.5 Å². The van der Waals surface area contributed by atoms with Gasteiger partial charge in [0.1, 0.15) is 5.75 Å². The fourth-order valence-electron chi connectivity index (χ4n) is 3.11. The molecule has 1 heterocycles. The molecule has 1 fully saturated rings. The van der Waals surface area contributed by atoms with Gasteiger partial charge in [0.25, 0.3) is 0 Å². The van der Waals surface area contributed by atoms with Gasteiger partial charge in [0, 0.05) is 12.0 Å². The predicted molar refractivity (Wildman–Crippen MR) is 90.9 cm³/mol. The molecule has 3 nitrogen and oxygen atoms in total. The molecule has 0 saturated carbocycles. The Morgan fingerprint density at radius 3 is 2.52 bits per heavy atom. The zero-order chi connectivity index (χ0) is 16.3. The van der Waals surface area contributed by atoms with Gasteiger partial charge < -0.3 is 14.2 Å². The molecule has 23 heavy (non-hydrogen) atoms. The molecule has 1 aliphatic rings. The molecule has 0 amide bonds. The average Bonchev–Trinajstić information content (AvgIpc) is 2.89. The minimum absolute atomic E-state index is 0.0656. The molecule has 0 aliphatic carbocycles. The zero-order valence-electron chi connectivity index (χ0n) is 14.0. The van der Waals surface area contributed by atoms with E-state index < -0.39 is 5.79 Å². The van der Waals surface area contributed by atoms with Crippen molar-refractivity contribution in [3.8, 4) is 5.75 Å². The normalized spacial score (nSPS) is 19.7. The quantitative estimate of drug-likeness (QED) is 0.836. The number of methoxy groups -OCH3 is 1. The molecule has 2 aromatic rings. The van der Waals surface area contributed by atoms with Crippen LogP contribution < -0.4 is 4.74 Å². The molecule has 1 atom stereocenters. The third-order valence-electron chi connectivity index (χ3n) is 4.19. The van der Waals surface area contributed by atoms with Gasteiger partial charge >= 0.3 is 0 Å². The average molecular weight is 312 g/mol. The largest absolute Gasteiger partial charge is 0.496 e. The Hall–Kier alpha value is -1.84. The summed E-state index contributed by atoms with van der Waals surface area (Å²) in [5.41, 5.74) is 3.79. The number of ether oxygens (including phenoxy) is 3. The maximum absolute atomic E-state index is 5.98. The van der Waals surface area contributed by atoms with Crippen molar-refractivity contribution in [1.82, 2.24) is 0 Å². The summed E-state index contributed by atoms with van der Waals surface area (Å²) in [4.78, 5) is 0. The first-order valence-electron chi connectivity index (χ1n) is 8.08. The highest BCUT2D eigenvalue weighted by Crippen LogP contribution is 2.30. The Morgan fingerprint density at radius 2 is 1.87 bits per heavy atom. The van der Waals surface area contributed by atoms with Crippen molar-refractivity contribution < 1.29 is 14.2 Å². The van der Waals surface area contributed by atoms with Crippen molar-refractivity contribution >= 4 is 0 Å². The van der Waals surface area contributed by atoms with Crippen LogP contribution in [-0.4, -0.2) is 25.6 Å². The fraction of sp³-hybridized carbons (Fsp3) is 0.400. The lowest BCUT2D eigenvalue weighted by atomic mass is 9.95. The van der Waals surface area contributed by atoms with Gasteiger partial charge in [0.05, 0.1) is 19.8 Å². The topological polar surface area (TPSA) is 27.7 Å². The molecule has 1 saturated heterocycles. The number of hydrogen-bond acceptors (Lipinski definition) is 3. The van der Waals surface area contributed by atoms with Crippen molar-refractivity contribution in [2.24, 2.45) is 0 Å². The van der Waals surface area contributed by atoms with Gasteiger partial charge in [-0.2, -0.15) is 0 Å². The number of rotatable bonds is 5. The van der Waals surface area contributed by atoms with Crippen molar-refractivity contribution in [3.05, 3.63) is 65.2 Å². The maximum atomic E-state index is 5.98. The van der Waals surface area contributed by atoms with Crippen LogP contribution in [0.2, 0.25) is 0 Å². The van der Waals surface area contributed by atoms with Crippen molar-refractivity contribution in [2.45, 2.75) is 38.6 Å². The van der Waals surface area contributed by atoms with Crippen LogP contribution in [-0.2, 0) is 22.3 Å². The highest BCUT2D eigenvalue weighted by Gasteiger charge is 2.33. The second-order valence-electron chi connectivity index (χ2n) is 6.42. The molecule has 122 valence electrons. The molecule has 2 aromatic carbocycles. The first kappa shape index (κ1) is 16.0. The lowest BCUT2D eigenvalue weighted by Gasteiger charge is -2.19. The van der Waals surface area contributed by atoms with E-state index in [0.29, 0.717) is 6.61 Å². The van der Waals surface area contributed by atoms with E-state index in [0.717, 1.165) is 18.6 Å². The smallest absolute Gasteiger partial charge is 0.163 e. The summed E-state index contributed by atoms with van der Waals surface area (Å²) in [6, 6.07) is 16.7. The lowest BCUT2D eigenvalue weighted by molar-refractivity contribution is -0.138. The summed E-state index contributed by atoms with van der Waals surface area (Å²) in [6.07, 6.45) is 1.76. The summed E-state index contributed by atoms with van der Waals surface area (Å²) in [5.74, 6) is 0.429. The molecule has 1 unspecified atom stereocenters. The van der Waals surface area contributed by atoms with Crippen LogP contribution in [0.15, 0.2) is 48.5 Å². The molecular weight excluding hydrogens is 288 g/mol. The van der Waals surface area contributed by atoms with Gasteiger partial charge in [0.15, 0.2) is 5.79 Å². The van der Waals surface area contributed by atoms with Crippen LogP contribution in [0.5, 0.6) is 5.75 Å². The Bertz CT molecular complexity index is 649. The van der Waals surface area contributed by atoms with Gasteiger partial charge in [0.2, 0.25) is 0 Å². The standard InChI is InChI=1S/C20H24O3/c1-20(2)22-14-17(23-20)13-18-16(10-7-11-19(18)21-3)12-15-8-5-4-6-9-15/h4-11,17H,12-14H2,1-3H3. The number of hydrogen-bond donors (Lipinski definition) is 0. The Kier molecular flexibility index (Phi) is 4.69. The third-order valence-corrected chi connectivity index (χ3v) is 4.19. The Labute approximate surface area is 138 Å². The minimum atomic E-state index is -0.494. The van der Waals surface area contributed by atoms with Crippen LogP contribution >= 0.6 is 0 Å². The van der Waals surface area contributed by atoms with Gasteiger partial charge in [-0.1, -0.05) is 42.5 Å². The summed E-state index contributed by atoms with van der Waals surface area (Å²) < 4.78 is 17.3. The van der Waals surface area contributed by atoms with Crippen molar-refractivity contribution in [3.63, 3.8) is 0 Å². The Morgan fingerprint density at radius 1 is 1.09 bits per heavy atom. The van der Waals surface area contributed by atoms with E-state index in [4.69, 9.17) is 14.2 Å². The first-order chi connectivity index (χ1) is 11.1. The molecule has 0 aromatic heterocycles. The van der Waals surface area contributed by atoms with Crippen LogP contribution in [0.3, 0.4) is 0 Å². The van der Waals surface area contributed by atoms with E-state index in [2.05, 4.69) is 36.4 Å². The molecule has 3 heteroatoms. The number of benzene rings is 2. The molecule has 0 spiro atoms. The first-order valence-corrected chi connectivity index (χ1v) is 8.08. The molecule has 1 aliphatic heterocycles. The van der Waals surface area contributed by atoms with E-state index in [1.54, 1.807) is 7.11 Å². The van der Waals surface area contributed by atoms with Crippen LogP contribution in [0.1, 0.15) is 30.5 Å². The lowest BCUT2D eigenvalue weighted by Crippen LogP contribution is -2.22. The summed E-state index contributed by atoms with van der Waals surface area (Å²) >= 11 is 0. The highest BCUT2D eigenvalue weighted by molar-refractivity contribution is 5.43. The molecule has 0 radical (unpaired) electrons. The maximum Gasteiger partial charge on any atom is 0.163 e. The van der Waals surface area contributed by atoms with Gasteiger partial charge in [-0.25, -0.2) is 0 Å². The molecular formula is C20H24O3. The summed E-state index contributed by atoms with van der Waals surface area (Å²) in [7, 11) is 1.72. The van der Waals surface area contributed by atoms with E-state index in [1.807, 2.05) is 26.0 Å². The van der Waals surface area contributed by atoms with E-state index in [-0.39, 0.29) is 6.10 Å². The van der Waals surface area contributed by atoms with Gasteiger partial charge in [-0.15, -0.1) is 0 Å². The monoisotopic (exact) mass is 312 g/mol. The van der Waals surface area contributed by atoms with E-state index >= 15 is 0 Å². The van der Waals surface area contributed by atoms with Crippen molar-refractivity contribution in [2.75, 3.05) is 13.7 Å². The summed E-state index contributed by atoms with van der Waals surface area (Å²) in [5, 5.41) is 0. The zero-order valence-corrected chi connectivity index (χ0v) is 14.0. The third kappa shape index (κ3) is 3.92. The fourth-order valence-corrected chi connectivity index (χ4v) is 3.11. The van der Waals surface area contributed by atoms with Crippen molar-refractivity contribution in [1.29, 1.82) is 0 Å².